The van der Waals surface area contributed by atoms with Crippen molar-refractivity contribution in [1.82, 2.24) is 10.2 Å². The number of sulfonamides is 1. The van der Waals surface area contributed by atoms with Crippen molar-refractivity contribution in [3.63, 3.8) is 0 Å². The van der Waals surface area contributed by atoms with Crippen LogP contribution in [-0.4, -0.2) is 56.6 Å². The molecule has 3 rings (SSSR count). The Morgan fingerprint density at radius 1 is 0.923 bits per heavy atom. The molecule has 2 aromatic rings. The molecule has 7 nitrogen and oxygen atoms in total. The van der Waals surface area contributed by atoms with Crippen molar-refractivity contribution < 1.29 is 18.0 Å². The summed E-state index contributed by atoms with van der Waals surface area (Å²) in [5.74, 6) is -0.203. The maximum atomic E-state index is 13.6. The summed E-state index contributed by atoms with van der Waals surface area (Å²) in [5.41, 5.74) is 2.84. The standard InChI is InChI=1S/C31H45N3O4S/c1-4-25-18-20-28(21-19-25)34(39(3,37)38)23-12-17-30(35)33(24-22-26-13-8-6-9-14-26)29(5-2)31(36)32-27-15-10-7-11-16-27/h6,8-9,13-14,18-21,27,29H,4-5,7,10-12,15-17,22-24H2,1-3H3,(H,32,36)/t29-/m1/s1. The first-order valence-corrected chi connectivity index (χ1v) is 16.3. The highest BCUT2D eigenvalue weighted by Gasteiger charge is 2.30. The van der Waals surface area contributed by atoms with Crippen LogP contribution in [0.4, 0.5) is 5.69 Å². The van der Waals surface area contributed by atoms with E-state index in [1.807, 2.05) is 61.5 Å². The van der Waals surface area contributed by atoms with Crippen LogP contribution in [0.5, 0.6) is 0 Å². The topological polar surface area (TPSA) is 86.8 Å². The van der Waals surface area contributed by atoms with E-state index in [9.17, 15) is 18.0 Å². The van der Waals surface area contributed by atoms with Gasteiger partial charge in [-0.25, -0.2) is 8.42 Å². The van der Waals surface area contributed by atoms with Crippen LogP contribution >= 0.6 is 0 Å². The molecule has 0 heterocycles. The van der Waals surface area contributed by atoms with Gasteiger partial charge in [0.25, 0.3) is 0 Å². The zero-order valence-corrected chi connectivity index (χ0v) is 24.6. The van der Waals surface area contributed by atoms with Crippen LogP contribution in [0.3, 0.4) is 0 Å². The quantitative estimate of drug-likeness (QED) is 0.352. The largest absolute Gasteiger partial charge is 0.352 e. The Kier molecular flexibility index (Phi) is 11.8. The van der Waals surface area contributed by atoms with E-state index in [-0.39, 0.29) is 30.8 Å². The van der Waals surface area contributed by atoms with Crippen molar-refractivity contribution in [2.45, 2.75) is 90.1 Å². The number of rotatable bonds is 14. The van der Waals surface area contributed by atoms with Gasteiger partial charge in [-0.1, -0.05) is 75.6 Å². The number of hydrogen-bond acceptors (Lipinski definition) is 4. The third kappa shape index (κ3) is 9.38. The van der Waals surface area contributed by atoms with Gasteiger partial charge in [-0.05, 0) is 61.8 Å². The Bertz CT molecular complexity index is 1150. The highest BCUT2D eigenvalue weighted by atomic mass is 32.2. The highest BCUT2D eigenvalue weighted by Crippen LogP contribution is 2.21. The molecule has 1 aliphatic rings. The third-order valence-electron chi connectivity index (χ3n) is 7.61. The second-order valence-corrected chi connectivity index (χ2v) is 12.5. The van der Waals surface area contributed by atoms with E-state index >= 15 is 0 Å². The van der Waals surface area contributed by atoms with Crippen molar-refractivity contribution in [3.05, 3.63) is 65.7 Å². The lowest BCUT2D eigenvalue weighted by Gasteiger charge is -2.33. The van der Waals surface area contributed by atoms with Gasteiger partial charge in [0.05, 0.1) is 11.9 Å². The van der Waals surface area contributed by atoms with Gasteiger partial charge in [0.15, 0.2) is 0 Å². The van der Waals surface area contributed by atoms with Crippen molar-refractivity contribution >= 4 is 27.5 Å². The van der Waals surface area contributed by atoms with E-state index in [1.54, 1.807) is 4.90 Å². The summed E-state index contributed by atoms with van der Waals surface area (Å²) in [7, 11) is -3.51. The fraction of sp³-hybridized carbons (Fsp3) is 0.548. The van der Waals surface area contributed by atoms with E-state index in [0.717, 1.165) is 43.2 Å². The molecule has 8 heteroatoms. The molecule has 39 heavy (non-hydrogen) atoms. The number of nitrogens with zero attached hydrogens (tertiary/aromatic N) is 2. The Hall–Kier alpha value is -2.87. The first kappa shape index (κ1) is 30.7. The van der Waals surface area contributed by atoms with Crippen molar-refractivity contribution in [2.24, 2.45) is 0 Å². The lowest BCUT2D eigenvalue weighted by Crippen LogP contribution is -2.52. The Labute approximate surface area is 235 Å². The third-order valence-corrected chi connectivity index (χ3v) is 8.80. The van der Waals surface area contributed by atoms with Crippen molar-refractivity contribution in [3.8, 4) is 0 Å². The zero-order valence-electron chi connectivity index (χ0n) is 23.8. The number of carbonyl (C=O) groups is 2. The lowest BCUT2D eigenvalue weighted by molar-refractivity contribution is -0.141. The maximum absolute atomic E-state index is 13.6. The van der Waals surface area contributed by atoms with Crippen LogP contribution in [0, 0.1) is 0 Å². The van der Waals surface area contributed by atoms with Gasteiger partial charge in [-0.3, -0.25) is 13.9 Å². The van der Waals surface area contributed by atoms with E-state index in [1.165, 1.54) is 17.0 Å². The maximum Gasteiger partial charge on any atom is 0.243 e. The molecule has 0 aromatic heterocycles. The summed E-state index contributed by atoms with van der Waals surface area (Å²) in [4.78, 5) is 28.7. The van der Waals surface area contributed by atoms with Crippen LogP contribution in [0.15, 0.2) is 54.6 Å². The SMILES string of the molecule is CCc1ccc(N(CCCC(=O)N(CCc2ccccc2)[C@H](CC)C(=O)NC2CCCCC2)S(C)(=O)=O)cc1. The molecule has 1 aliphatic carbocycles. The van der Waals surface area contributed by atoms with Crippen molar-refractivity contribution in [1.29, 1.82) is 0 Å². The molecule has 0 aliphatic heterocycles. The smallest absolute Gasteiger partial charge is 0.243 e. The first-order valence-electron chi connectivity index (χ1n) is 14.4. The van der Waals surface area contributed by atoms with E-state index in [4.69, 9.17) is 0 Å². The predicted molar refractivity (Wildman–Crippen MR) is 158 cm³/mol. The number of nitrogens with one attached hydrogen (secondary N) is 1. The van der Waals surface area contributed by atoms with Gasteiger partial charge >= 0.3 is 0 Å². The number of carbonyl (C=O) groups excluding carboxylic acids is 2. The molecule has 1 saturated carbocycles. The van der Waals surface area contributed by atoms with Crippen LogP contribution < -0.4 is 9.62 Å². The number of benzene rings is 2. The summed E-state index contributed by atoms with van der Waals surface area (Å²) in [6, 6.07) is 17.1. The normalized spacial score (nSPS) is 14.9. The monoisotopic (exact) mass is 555 g/mol. The van der Waals surface area contributed by atoms with Gasteiger partial charge in [-0.2, -0.15) is 0 Å². The fourth-order valence-electron chi connectivity index (χ4n) is 5.34. The Morgan fingerprint density at radius 2 is 1.59 bits per heavy atom. The van der Waals surface area contributed by atoms with Crippen molar-refractivity contribution in [2.75, 3.05) is 23.7 Å². The molecule has 0 saturated heterocycles. The average molecular weight is 556 g/mol. The summed E-state index contributed by atoms with van der Waals surface area (Å²) in [6.07, 6.45) is 9.20. The fourth-order valence-corrected chi connectivity index (χ4v) is 6.31. The minimum Gasteiger partial charge on any atom is -0.352 e. The minimum atomic E-state index is -3.51. The molecule has 1 N–H and O–H groups in total. The molecule has 2 amide bonds. The molecule has 2 aromatic carbocycles. The average Bonchev–Trinajstić information content (AvgIpc) is 2.93. The summed E-state index contributed by atoms with van der Waals surface area (Å²) >= 11 is 0. The highest BCUT2D eigenvalue weighted by molar-refractivity contribution is 7.92. The molecular weight excluding hydrogens is 510 g/mol. The van der Waals surface area contributed by atoms with Crippen LogP contribution in [0.25, 0.3) is 0 Å². The second-order valence-electron chi connectivity index (χ2n) is 10.5. The number of anilines is 1. The van der Waals surface area contributed by atoms with E-state index in [0.29, 0.717) is 31.5 Å². The molecule has 0 bridgehead atoms. The molecule has 0 radical (unpaired) electrons. The summed E-state index contributed by atoms with van der Waals surface area (Å²) in [5, 5.41) is 3.21. The number of aryl methyl sites for hydroxylation is 1. The molecule has 1 fully saturated rings. The van der Waals surface area contributed by atoms with E-state index in [2.05, 4.69) is 12.2 Å². The first-order chi connectivity index (χ1) is 18.7. The zero-order chi connectivity index (χ0) is 28.3. The second kappa shape index (κ2) is 15.1. The summed E-state index contributed by atoms with van der Waals surface area (Å²) < 4.78 is 26.5. The predicted octanol–water partition coefficient (Wildman–Crippen LogP) is 5.09. The van der Waals surface area contributed by atoms with Gasteiger partial charge in [0.1, 0.15) is 6.04 Å². The van der Waals surface area contributed by atoms with Crippen LogP contribution in [0.2, 0.25) is 0 Å². The van der Waals surface area contributed by atoms with Gasteiger partial charge < -0.3 is 10.2 Å². The summed E-state index contributed by atoms with van der Waals surface area (Å²) in [6.45, 7) is 4.64. The number of amides is 2. The Balaban J connectivity index is 1.70. The molecule has 0 spiro atoms. The van der Waals surface area contributed by atoms with Gasteiger partial charge in [-0.15, -0.1) is 0 Å². The molecule has 214 valence electrons. The van der Waals surface area contributed by atoms with Gasteiger partial charge in [0.2, 0.25) is 21.8 Å². The minimum absolute atomic E-state index is 0.0837. The van der Waals surface area contributed by atoms with E-state index < -0.39 is 16.1 Å². The van der Waals surface area contributed by atoms with Crippen LogP contribution in [0.1, 0.15) is 76.3 Å². The number of hydrogen-bond donors (Lipinski definition) is 1. The Morgan fingerprint density at radius 3 is 2.18 bits per heavy atom. The molecular formula is C31H45N3O4S. The molecule has 0 unspecified atom stereocenters. The lowest BCUT2D eigenvalue weighted by atomic mass is 9.95. The molecule has 1 atom stereocenters. The van der Waals surface area contributed by atoms with Crippen LogP contribution in [-0.2, 0) is 32.5 Å². The van der Waals surface area contributed by atoms with Gasteiger partial charge in [0, 0.05) is 25.6 Å².